The van der Waals surface area contributed by atoms with Gasteiger partial charge >= 0.3 is 0 Å². The predicted octanol–water partition coefficient (Wildman–Crippen LogP) is 2.38. The van der Waals surface area contributed by atoms with Gasteiger partial charge in [0.2, 0.25) is 0 Å². The largest absolute Gasteiger partial charge is 0.495 e. The van der Waals surface area contributed by atoms with Gasteiger partial charge in [0.25, 0.3) is 0 Å². The van der Waals surface area contributed by atoms with Crippen molar-refractivity contribution >= 4 is 11.6 Å². The van der Waals surface area contributed by atoms with E-state index in [1.165, 1.54) is 0 Å². The van der Waals surface area contributed by atoms with E-state index in [1.807, 2.05) is 25.2 Å². The first-order valence-electron chi connectivity index (χ1n) is 5.78. The Labute approximate surface area is 107 Å². The Balaban J connectivity index is 2.29. The Morgan fingerprint density at radius 1 is 1.53 bits per heavy atom. The fourth-order valence-electron chi connectivity index (χ4n) is 2.39. The van der Waals surface area contributed by atoms with Gasteiger partial charge < -0.3 is 15.2 Å². The minimum atomic E-state index is -0.00727. The summed E-state index contributed by atoms with van der Waals surface area (Å²) in [5, 5.41) is 13.4. The third-order valence-electron chi connectivity index (χ3n) is 3.62. The normalized spacial score (nSPS) is 18.8. The van der Waals surface area contributed by atoms with Gasteiger partial charge in [-0.25, -0.2) is 0 Å². The van der Waals surface area contributed by atoms with E-state index in [-0.39, 0.29) is 18.1 Å². The molecule has 0 amide bonds. The first kappa shape index (κ1) is 12.7. The first-order chi connectivity index (χ1) is 8.16. The average Bonchev–Trinajstić information content (AvgIpc) is 3.11. The molecule has 1 aliphatic carbocycles. The van der Waals surface area contributed by atoms with Crippen molar-refractivity contribution in [3.63, 3.8) is 0 Å². The monoisotopic (exact) mass is 255 g/mol. The third-order valence-corrected chi connectivity index (χ3v) is 3.91. The third kappa shape index (κ3) is 2.28. The molecule has 1 unspecified atom stereocenters. The molecule has 0 aromatic heterocycles. The maximum Gasteiger partial charge on any atom is 0.137 e. The summed E-state index contributed by atoms with van der Waals surface area (Å²) in [6.07, 6.45) is 2.11. The minimum absolute atomic E-state index is 0.00727. The molecule has 0 spiro atoms. The fraction of sp³-hybridized carbons (Fsp3) is 0.538. The lowest BCUT2D eigenvalue weighted by atomic mass is 9.91. The fourth-order valence-corrected chi connectivity index (χ4v) is 2.65. The van der Waals surface area contributed by atoms with Crippen LogP contribution in [0.25, 0.3) is 0 Å². The van der Waals surface area contributed by atoms with Crippen LogP contribution in [0.5, 0.6) is 5.75 Å². The van der Waals surface area contributed by atoms with Crippen LogP contribution in [0, 0.1) is 5.41 Å². The summed E-state index contributed by atoms with van der Waals surface area (Å²) in [6.45, 7) is 0.210. The van der Waals surface area contributed by atoms with Gasteiger partial charge in [0.05, 0.1) is 18.7 Å². The maximum absolute atomic E-state index is 9.49. The van der Waals surface area contributed by atoms with Crippen molar-refractivity contribution in [3.05, 3.63) is 28.8 Å². The predicted molar refractivity (Wildman–Crippen MR) is 68.6 cm³/mol. The van der Waals surface area contributed by atoms with Crippen molar-refractivity contribution in [1.29, 1.82) is 0 Å². The van der Waals surface area contributed by atoms with Gasteiger partial charge in [0.15, 0.2) is 0 Å². The topological polar surface area (TPSA) is 41.5 Å². The Morgan fingerprint density at radius 2 is 2.24 bits per heavy atom. The van der Waals surface area contributed by atoms with Crippen molar-refractivity contribution in [1.82, 2.24) is 5.32 Å². The molecule has 3 nitrogen and oxygen atoms in total. The summed E-state index contributed by atoms with van der Waals surface area (Å²) in [4.78, 5) is 0. The lowest BCUT2D eigenvalue weighted by molar-refractivity contribution is 0.175. The number of aliphatic hydroxyl groups is 1. The number of ether oxygens (including phenoxy) is 1. The standard InChI is InChI=1S/C13H18ClNO2/c1-15-12(13(8-16)5-6-13)9-3-4-11(17-2)10(14)7-9/h3-4,7,12,15-16H,5-6,8H2,1-2H3. The number of hydrogen-bond acceptors (Lipinski definition) is 3. The molecular weight excluding hydrogens is 238 g/mol. The zero-order chi connectivity index (χ0) is 12.5. The van der Waals surface area contributed by atoms with Crippen molar-refractivity contribution in [3.8, 4) is 5.75 Å². The summed E-state index contributed by atoms with van der Waals surface area (Å²) in [5.41, 5.74) is 1.09. The Bertz CT molecular complexity index is 404. The maximum atomic E-state index is 9.49. The summed E-state index contributed by atoms with van der Waals surface area (Å²) in [6, 6.07) is 5.94. The first-order valence-corrected chi connectivity index (χ1v) is 6.16. The minimum Gasteiger partial charge on any atom is -0.495 e. The number of benzene rings is 1. The molecule has 1 aromatic rings. The number of methoxy groups -OCH3 is 1. The van der Waals surface area contributed by atoms with E-state index in [0.717, 1.165) is 18.4 Å². The van der Waals surface area contributed by atoms with Crippen LogP contribution in [0.2, 0.25) is 5.02 Å². The second-order valence-corrected chi connectivity index (χ2v) is 5.04. The van der Waals surface area contributed by atoms with Crippen LogP contribution in [-0.2, 0) is 0 Å². The average molecular weight is 256 g/mol. The molecule has 0 saturated heterocycles. The molecule has 1 aromatic carbocycles. The summed E-state index contributed by atoms with van der Waals surface area (Å²) in [7, 11) is 3.52. The van der Waals surface area contributed by atoms with Crippen LogP contribution in [0.1, 0.15) is 24.4 Å². The highest BCUT2D eigenvalue weighted by Crippen LogP contribution is 2.54. The molecule has 1 saturated carbocycles. The van der Waals surface area contributed by atoms with E-state index in [9.17, 15) is 5.11 Å². The van der Waals surface area contributed by atoms with Crippen LogP contribution >= 0.6 is 11.6 Å². The van der Waals surface area contributed by atoms with Crippen LogP contribution in [0.4, 0.5) is 0 Å². The zero-order valence-corrected chi connectivity index (χ0v) is 10.9. The highest BCUT2D eigenvalue weighted by molar-refractivity contribution is 6.32. The molecule has 1 atom stereocenters. The molecule has 4 heteroatoms. The molecule has 0 radical (unpaired) electrons. The molecule has 0 aliphatic heterocycles. The number of rotatable bonds is 5. The van der Waals surface area contributed by atoms with Crippen LogP contribution in [0.3, 0.4) is 0 Å². The van der Waals surface area contributed by atoms with E-state index in [2.05, 4.69) is 5.32 Å². The summed E-state index contributed by atoms with van der Waals surface area (Å²) >= 11 is 6.13. The summed E-state index contributed by atoms with van der Waals surface area (Å²) in [5.74, 6) is 0.680. The number of aliphatic hydroxyl groups excluding tert-OH is 1. The van der Waals surface area contributed by atoms with E-state index in [0.29, 0.717) is 10.8 Å². The molecule has 2 N–H and O–H groups in total. The molecule has 17 heavy (non-hydrogen) atoms. The lowest BCUT2D eigenvalue weighted by Gasteiger charge is -2.25. The molecule has 94 valence electrons. The smallest absolute Gasteiger partial charge is 0.137 e. The lowest BCUT2D eigenvalue weighted by Crippen LogP contribution is -2.29. The molecule has 2 rings (SSSR count). The highest BCUT2D eigenvalue weighted by Gasteiger charge is 2.48. The van der Waals surface area contributed by atoms with Gasteiger partial charge in [-0.3, -0.25) is 0 Å². The van der Waals surface area contributed by atoms with E-state index < -0.39 is 0 Å². The SMILES string of the molecule is CNC(c1ccc(OC)c(Cl)c1)C1(CO)CC1. The van der Waals surface area contributed by atoms with Crippen molar-refractivity contribution in [2.45, 2.75) is 18.9 Å². The van der Waals surface area contributed by atoms with Crippen molar-refractivity contribution < 1.29 is 9.84 Å². The van der Waals surface area contributed by atoms with Crippen LogP contribution in [-0.4, -0.2) is 25.9 Å². The number of nitrogens with one attached hydrogen (secondary N) is 1. The summed E-state index contributed by atoms with van der Waals surface area (Å²) < 4.78 is 5.14. The molecule has 0 heterocycles. The number of halogens is 1. The van der Waals surface area contributed by atoms with Gasteiger partial charge in [-0.2, -0.15) is 0 Å². The van der Waals surface area contributed by atoms with Gasteiger partial charge in [0.1, 0.15) is 5.75 Å². The van der Waals surface area contributed by atoms with Gasteiger partial charge in [0, 0.05) is 11.5 Å². The van der Waals surface area contributed by atoms with Crippen LogP contribution < -0.4 is 10.1 Å². The Hall–Kier alpha value is -0.770. The molecular formula is C13H18ClNO2. The zero-order valence-electron chi connectivity index (χ0n) is 10.2. The van der Waals surface area contributed by atoms with E-state index in [1.54, 1.807) is 7.11 Å². The second-order valence-electron chi connectivity index (χ2n) is 4.64. The molecule has 0 bridgehead atoms. The second kappa shape index (κ2) is 4.84. The molecule has 1 aliphatic rings. The van der Waals surface area contributed by atoms with Crippen molar-refractivity contribution in [2.75, 3.05) is 20.8 Å². The highest BCUT2D eigenvalue weighted by atomic mass is 35.5. The Morgan fingerprint density at radius 3 is 2.65 bits per heavy atom. The van der Waals surface area contributed by atoms with Gasteiger partial charge in [-0.1, -0.05) is 17.7 Å². The quantitative estimate of drug-likeness (QED) is 0.849. The van der Waals surface area contributed by atoms with E-state index >= 15 is 0 Å². The van der Waals surface area contributed by atoms with E-state index in [4.69, 9.17) is 16.3 Å². The molecule has 1 fully saturated rings. The van der Waals surface area contributed by atoms with Crippen LogP contribution in [0.15, 0.2) is 18.2 Å². The van der Waals surface area contributed by atoms with Gasteiger partial charge in [-0.15, -0.1) is 0 Å². The Kier molecular flexibility index (Phi) is 3.61. The number of hydrogen-bond donors (Lipinski definition) is 2. The van der Waals surface area contributed by atoms with Crippen molar-refractivity contribution in [2.24, 2.45) is 5.41 Å². The van der Waals surface area contributed by atoms with Gasteiger partial charge in [-0.05, 0) is 37.6 Å².